The molecule has 1 aromatic heterocycles. The van der Waals surface area contributed by atoms with E-state index in [1.165, 1.54) is 0 Å². The highest BCUT2D eigenvalue weighted by Crippen LogP contribution is 2.40. The van der Waals surface area contributed by atoms with Crippen LogP contribution in [0.3, 0.4) is 0 Å². The van der Waals surface area contributed by atoms with Gasteiger partial charge < -0.3 is 4.74 Å². The van der Waals surface area contributed by atoms with Gasteiger partial charge in [0.05, 0.1) is 13.2 Å². The smallest absolute Gasteiger partial charge is 0.173 e. The van der Waals surface area contributed by atoms with E-state index in [0.717, 1.165) is 29.9 Å². The first kappa shape index (κ1) is 19.5. The van der Waals surface area contributed by atoms with Gasteiger partial charge in [0.2, 0.25) is 0 Å². The summed E-state index contributed by atoms with van der Waals surface area (Å²) in [6.45, 7) is 3.67. The van der Waals surface area contributed by atoms with E-state index in [4.69, 9.17) is 9.84 Å². The number of rotatable bonds is 6. The standard InChI is InChI=1S/C27H25N3O/c1-26(19-31-20-26)18-17-25-28-21-30(29-25)27(22-11-5-2-6-12-22,23-13-7-3-8-14-23)24-15-9-4-10-16-24/h2-18,21H,19-20H2,1H3/b18-17+. The molecule has 3 aromatic carbocycles. The van der Waals surface area contributed by atoms with E-state index in [1.807, 2.05) is 35.3 Å². The maximum absolute atomic E-state index is 5.36. The first-order chi connectivity index (χ1) is 15.2. The van der Waals surface area contributed by atoms with Crippen LogP contribution in [-0.4, -0.2) is 28.0 Å². The topological polar surface area (TPSA) is 39.9 Å². The fraction of sp³-hybridized carbons (Fsp3) is 0.185. The van der Waals surface area contributed by atoms with Crippen molar-refractivity contribution in [3.63, 3.8) is 0 Å². The molecule has 4 nitrogen and oxygen atoms in total. The third-order valence-corrected chi connectivity index (χ3v) is 5.93. The Bertz CT molecular complexity index is 1070. The van der Waals surface area contributed by atoms with Crippen LogP contribution in [0.5, 0.6) is 0 Å². The van der Waals surface area contributed by atoms with Gasteiger partial charge in [-0.15, -0.1) is 0 Å². The SMILES string of the molecule is CC1(/C=C/c2ncn(C(c3ccccc3)(c3ccccc3)c3ccccc3)n2)COC1. The van der Waals surface area contributed by atoms with Gasteiger partial charge in [0.15, 0.2) is 5.82 Å². The minimum atomic E-state index is -0.633. The number of hydrogen-bond acceptors (Lipinski definition) is 3. The molecule has 154 valence electrons. The lowest BCUT2D eigenvalue weighted by molar-refractivity contribution is -0.0703. The van der Waals surface area contributed by atoms with Crippen molar-refractivity contribution < 1.29 is 4.74 Å². The highest BCUT2D eigenvalue weighted by Gasteiger charge is 2.39. The molecule has 31 heavy (non-hydrogen) atoms. The molecule has 0 spiro atoms. The second kappa shape index (κ2) is 7.97. The molecule has 0 bridgehead atoms. The second-order valence-corrected chi connectivity index (χ2v) is 8.34. The quantitative estimate of drug-likeness (QED) is 0.414. The normalized spacial score (nSPS) is 15.6. The predicted molar refractivity (Wildman–Crippen MR) is 123 cm³/mol. The number of ether oxygens (including phenoxy) is 1. The summed E-state index contributed by atoms with van der Waals surface area (Å²) in [5, 5.41) is 4.95. The van der Waals surface area contributed by atoms with Crippen molar-refractivity contribution >= 4 is 6.08 Å². The van der Waals surface area contributed by atoms with Gasteiger partial charge in [0.25, 0.3) is 0 Å². The van der Waals surface area contributed by atoms with Crippen LogP contribution in [0.2, 0.25) is 0 Å². The van der Waals surface area contributed by atoms with Crippen molar-refractivity contribution in [1.82, 2.24) is 14.8 Å². The molecule has 1 fully saturated rings. The van der Waals surface area contributed by atoms with Crippen molar-refractivity contribution in [2.24, 2.45) is 5.41 Å². The zero-order chi connectivity index (χ0) is 21.2. The minimum Gasteiger partial charge on any atom is -0.379 e. The zero-order valence-corrected chi connectivity index (χ0v) is 17.6. The lowest BCUT2D eigenvalue weighted by atomic mass is 9.77. The number of aromatic nitrogens is 3. The molecule has 0 N–H and O–H groups in total. The van der Waals surface area contributed by atoms with Crippen LogP contribution >= 0.6 is 0 Å². The predicted octanol–water partition coefficient (Wildman–Crippen LogP) is 5.17. The van der Waals surface area contributed by atoms with Gasteiger partial charge in [-0.05, 0) is 22.8 Å². The third kappa shape index (κ3) is 3.49. The molecule has 0 aliphatic carbocycles. The first-order valence-electron chi connectivity index (χ1n) is 10.6. The zero-order valence-electron chi connectivity index (χ0n) is 17.6. The molecule has 0 radical (unpaired) electrons. The summed E-state index contributed by atoms with van der Waals surface area (Å²) in [4.78, 5) is 4.64. The molecule has 1 saturated heterocycles. The molecule has 2 heterocycles. The number of hydrogen-bond donors (Lipinski definition) is 0. The van der Waals surface area contributed by atoms with Crippen LogP contribution in [0.4, 0.5) is 0 Å². The molecule has 5 rings (SSSR count). The van der Waals surface area contributed by atoms with E-state index in [-0.39, 0.29) is 5.41 Å². The van der Waals surface area contributed by atoms with Crippen molar-refractivity contribution in [3.05, 3.63) is 126 Å². The van der Waals surface area contributed by atoms with Crippen LogP contribution in [-0.2, 0) is 10.3 Å². The third-order valence-electron chi connectivity index (χ3n) is 5.93. The van der Waals surface area contributed by atoms with Gasteiger partial charge >= 0.3 is 0 Å². The van der Waals surface area contributed by atoms with Crippen LogP contribution in [0.15, 0.2) is 103 Å². The van der Waals surface area contributed by atoms with E-state index in [0.29, 0.717) is 5.82 Å². The molecular formula is C27H25N3O. The van der Waals surface area contributed by atoms with Crippen LogP contribution in [0.1, 0.15) is 29.4 Å². The molecule has 0 unspecified atom stereocenters. The summed E-state index contributed by atoms with van der Waals surface area (Å²) in [5.74, 6) is 0.695. The minimum absolute atomic E-state index is 0.0703. The Balaban J connectivity index is 1.71. The molecule has 4 aromatic rings. The maximum Gasteiger partial charge on any atom is 0.173 e. The van der Waals surface area contributed by atoms with Gasteiger partial charge in [-0.3, -0.25) is 0 Å². The van der Waals surface area contributed by atoms with Crippen molar-refractivity contribution in [3.8, 4) is 0 Å². The summed E-state index contributed by atoms with van der Waals surface area (Å²) in [5.41, 5.74) is 2.83. The van der Waals surface area contributed by atoms with Gasteiger partial charge in [0, 0.05) is 5.41 Å². The Hall–Kier alpha value is -3.50. The summed E-state index contributed by atoms with van der Waals surface area (Å²) >= 11 is 0. The molecule has 0 amide bonds. The molecular weight excluding hydrogens is 382 g/mol. The van der Waals surface area contributed by atoms with E-state index in [9.17, 15) is 0 Å². The van der Waals surface area contributed by atoms with Crippen LogP contribution in [0, 0.1) is 5.41 Å². The van der Waals surface area contributed by atoms with Gasteiger partial charge in [0.1, 0.15) is 11.9 Å². The highest BCUT2D eigenvalue weighted by molar-refractivity contribution is 5.50. The Kier molecular flexibility index (Phi) is 5.00. The Morgan fingerprint density at radius 3 is 1.71 bits per heavy atom. The van der Waals surface area contributed by atoms with E-state index in [2.05, 4.69) is 90.8 Å². The second-order valence-electron chi connectivity index (χ2n) is 8.34. The van der Waals surface area contributed by atoms with Crippen molar-refractivity contribution in [2.75, 3.05) is 13.2 Å². The lowest BCUT2D eigenvalue weighted by Gasteiger charge is -2.36. The Morgan fingerprint density at radius 2 is 1.29 bits per heavy atom. The number of nitrogens with zero attached hydrogens (tertiary/aromatic N) is 3. The molecule has 1 aliphatic rings. The maximum atomic E-state index is 5.36. The van der Waals surface area contributed by atoms with Crippen LogP contribution < -0.4 is 0 Å². The Morgan fingerprint density at radius 1 is 0.806 bits per heavy atom. The monoisotopic (exact) mass is 407 g/mol. The van der Waals surface area contributed by atoms with E-state index < -0.39 is 5.54 Å². The average Bonchev–Trinajstić information content (AvgIpc) is 3.28. The van der Waals surface area contributed by atoms with Crippen molar-refractivity contribution in [2.45, 2.75) is 12.5 Å². The summed E-state index contributed by atoms with van der Waals surface area (Å²) in [7, 11) is 0. The van der Waals surface area contributed by atoms with Gasteiger partial charge in [-0.25, -0.2) is 9.67 Å². The molecule has 4 heteroatoms. The fourth-order valence-electron chi connectivity index (χ4n) is 4.24. The highest BCUT2D eigenvalue weighted by atomic mass is 16.5. The summed E-state index contributed by atoms with van der Waals surface area (Å²) in [6, 6.07) is 31.5. The average molecular weight is 408 g/mol. The summed E-state index contributed by atoms with van der Waals surface area (Å²) < 4.78 is 7.35. The molecule has 0 saturated carbocycles. The first-order valence-corrected chi connectivity index (χ1v) is 10.6. The fourth-order valence-corrected chi connectivity index (χ4v) is 4.24. The Labute approximate surface area is 182 Å². The number of benzene rings is 3. The van der Waals surface area contributed by atoms with Crippen molar-refractivity contribution in [1.29, 1.82) is 0 Å². The lowest BCUT2D eigenvalue weighted by Crippen LogP contribution is -2.38. The van der Waals surface area contributed by atoms with E-state index >= 15 is 0 Å². The largest absolute Gasteiger partial charge is 0.379 e. The summed E-state index contributed by atoms with van der Waals surface area (Å²) in [6.07, 6.45) is 6.00. The van der Waals surface area contributed by atoms with E-state index in [1.54, 1.807) is 0 Å². The van der Waals surface area contributed by atoms with Gasteiger partial charge in [-0.1, -0.05) is 104 Å². The van der Waals surface area contributed by atoms with Gasteiger partial charge in [-0.2, -0.15) is 5.10 Å². The van der Waals surface area contributed by atoms with Crippen LogP contribution in [0.25, 0.3) is 6.08 Å². The molecule has 1 aliphatic heterocycles. The molecule has 0 atom stereocenters.